The zero-order valence-electron chi connectivity index (χ0n) is 26.6. The van der Waals surface area contributed by atoms with Gasteiger partial charge in [-0.3, -0.25) is 14.0 Å². The Hall–Kier alpha value is -3.99. The first-order valence-electron chi connectivity index (χ1n) is 16.7. The van der Waals surface area contributed by atoms with Gasteiger partial charge in [0.05, 0.1) is 35.6 Å². The number of hydrogen-bond acceptors (Lipinski definition) is 6. The number of aryl methyl sites for hydroxylation is 1. The monoisotopic (exact) mass is 625 g/mol. The topological polar surface area (TPSA) is 120 Å². The number of fused-ring (bicyclic) bond motifs is 4. The molecule has 6 fully saturated rings. The molecule has 6 heterocycles. The average molecular weight is 626 g/mol. The number of pyridine rings is 2. The fraction of sp³-hybridized carbons (Fsp3) is 0.543. The number of alkyl halides is 1. The van der Waals surface area contributed by atoms with E-state index in [1.54, 1.807) is 7.11 Å². The predicted molar refractivity (Wildman–Crippen MR) is 170 cm³/mol. The molecule has 240 valence electrons. The molecule has 4 bridgehead atoms. The van der Waals surface area contributed by atoms with Gasteiger partial charge in [-0.15, -0.1) is 0 Å². The number of nitrogens with two attached hydrogens (primary N) is 1. The summed E-state index contributed by atoms with van der Waals surface area (Å²) in [5, 5.41) is 4.11. The number of imidazole rings is 1. The van der Waals surface area contributed by atoms with Crippen molar-refractivity contribution in [3.63, 3.8) is 0 Å². The average Bonchev–Trinajstić information content (AvgIpc) is 3.33. The normalized spacial score (nSPS) is 30.0. The lowest BCUT2D eigenvalue weighted by Gasteiger charge is -2.64. The molecule has 4 atom stereocenters. The fourth-order valence-corrected chi connectivity index (χ4v) is 8.94. The summed E-state index contributed by atoms with van der Waals surface area (Å²) in [4.78, 5) is 39.0. The second-order valence-electron chi connectivity index (χ2n) is 14.8. The number of halogens is 1. The van der Waals surface area contributed by atoms with E-state index in [1.165, 1.54) is 12.8 Å². The van der Waals surface area contributed by atoms with Crippen molar-refractivity contribution in [1.82, 2.24) is 29.2 Å². The molecule has 0 radical (unpaired) electrons. The number of amides is 2. The summed E-state index contributed by atoms with van der Waals surface area (Å²) in [6, 6.07) is 9.87. The first-order valence-corrected chi connectivity index (χ1v) is 16.7. The zero-order chi connectivity index (χ0) is 31.7. The van der Waals surface area contributed by atoms with Gasteiger partial charge < -0.3 is 25.3 Å². The number of carbonyl (C=O) groups excluding carboxylic acids is 2. The van der Waals surface area contributed by atoms with Crippen LogP contribution in [0.25, 0.3) is 28.1 Å². The minimum atomic E-state index is -1.11. The van der Waals surface area contributed by atoms with Gasteiger partial charge in [0, 0.05) is 41.7 Å². The van der Waals surface area contributed by atoms with Crippen LogP contribution < -0.4 is 15.8 Å². The molecule has 2 saturated heterocycles. The molecule has 2 aliphatic heterocycles. The van der Waals surface area contributed by atoms with Crippen molar-refractivity contribution in [2.75, 3.05) is 7.11 Å². The summed E-state index contributed by atoms with van der Waals surface area (Å²) in [6.45, 7) is 4.79. The Morgan fingerprint density at radius 3 is 2.57 bits per heavy atom. The van der Waals surface area contributed by atoms with E-state index in [0.717, 1.165) is 59.6 Å². The number of nitrogens with zero attached hydrogens (tertiary/aromatic N) is 5. The van der Waals surface area contributed by atoms with E-state index in [9.17, 15) is 14.0 Å². The summed E-state index contributed by atoms with van der Waals surface area (Å²) >= 11 is 0. The van der Waals surface area contributed by atoms with Crippen LogP contribution in [0.15, 0.2) is 30.3 Å². The fourth-order valence-electron chi connectivity index (χ4n) is 8.94. The molecule has 10 nitrogen and oxygen atoms in total. The Labute approximate surface area is 266 Å². The molecule has 6 aliphatic rings. The number of ether oxygens (including phenoxy) is 1. The van der Waals surface area contributed by atoms with Gasteiger partial charge in [-0.05, 0) is 95.4 Å². The lowest BCUT2D eigenvalue weighted by Crippen LogP contribution is -2.70. The van der Waals surface area contributed by atoms with Crippen molar-refractivity contribution < 1.29 is 18.7 Å². The standard InChI is InChI=1S/C35H40FN7O3/c1-18(38-33(45)34-15-35(36,16-34)17-34)25-8-6-21-10-27(41(31(21)39-25)14-20-4-5-20)30-19(2)42-28(40-30)11-22(12-29(42)46-3)32(44)43-23-7-9-26(43)24(37)13-23/h6,8,10-12,18,20,23-24,26H,4-5,7,9,13-17,37H2,1-3H3,(H,38,45)/t18-,23+,24-,26-,34?,35?/m1/s1. The van der Waals surface area contributed by atoms with Crippen LogP contribution in [0.4, 0.5) is 4.39 Å². The highest BCUT2D eigenvalue weighted by atomic mass is 19.1. The van der Waals surface area contributed by atoms with Gasteiger partial charge in [0.25, 0.3) is 5.91 Å². The van der Waals surface area contributed by atoms with E-state index in [-0.39, 0.29) is 36.0 Å². The van der Waals surface area contributed by atoms with Crippen LogP contribution in [0, 0.1) is 18.3 Å². The van der Waals surface area contributed by atoms with E-state index in [2.05, 4.69) is 22.0 Å². The Morgan fingerprint density at radius 2 is 1.91 bits per heavy atom. The Balaban J connectivity index is 1.08. The van der Waals surface area contributed by atoms with Crippen molar-refractivity contribution in [2.45, 2.75) is 102 Å². The Bertz CT molecular complexity index is 1940. The number of rotatable bonds is 8. The molecule has 46 heavy (non-hydrogen) atoms. The van der Waals surface area contributed by atoms with E-state index >= 15 is 0 Å². The smallest absolute Gasteiger partial charge is 0.254 e. The molecule has 0 aromatic carbocycles. The zero-order valence-corrected chi connectivity index (χ0v) is 26.6. The minimum absolute atomic E-state index is 0.0116. The van der Waals surface area contributed by atoms with Crippen molar-refractivity contribution in [3.05, 3.63) is 47.3 Å². The molecule has 4 aromatic heterocycles. The van der Waals surface area contributed by atoms with Crippen molar-refractivity contribution >= 4 is 28.5 Å². The molecule has 4 aromatic rings. The third kappa shape index (κ3) is 4.02. The van der Waals surface area contributed by atoms with Crippen LogP contribution in [0.1, 0.15) is 86.1 Å². The quantitative estimate of drug-likeness (QED) is 0.289. The van der Waals surface area contributed by atoms with E-state index in [1.807, 2.05) is 41.3 Å². The maximum absolute atomic E-state index is 14.1. The number of nitrogens with one attached hydrogen (secondary N) is 1. The summed E-state index contributed by atoms with van der Waals surface area (Å²) in [6.07, 6.45) is 6.18. The molecule has 11 heteroatoms. The summed E-state index contributed by atoms with van der Waals surface area (Å²) in [7, 11) is 1.62. The minimum Gasteiger partial charge on any atom is -0.482 e. The number of carbonyl (C=O) groups is 2. The molecule has 0 unspecified atom stereocenters. The molecule has 10 rings (SSSR count). The second kappa shape index (κ2) is 9.53. The maximum atomic E-state index is 14.1. The largest absolute Gasteiger partial charge is 0.482 e. The molecule has 0 spiro atoms. The molecule has 2 amide bonds. The lowest BCUT2D eigenvalue weighted by molar-refractivity contribution is -0.214. The van der Waals surface area contributed by atoms with E-state index in [4.69, 9.17) is 20.4 Å². The van der Waals surface area contributed by atoms with Gasteiger partial charge in [0.15, 0.2) is 5.88 Å². The highest BCUT2D eigenvalue weighted by Gasteiger charge is 2.72. The SMILES string of the molecule is COc1cc(C(=O)N2[C@H]3CC[C@@H]2[C@H](N)C3)cc2nc(-c3cc4ccc([C@@H](C)NC(=O)C56CC(F)(C5)C6)nc4n3CC3CC3)c(C)n12. The number of hydrogen-bond donors (Lipinski definition) is 2. The summed E-state index contributed by atoms with van der Waals surface area (Å²) < 4.78 is 24.1. The number of methoxy groups -OCH3 is 1. The Kier molecular flexibility index (Phi) is 5.85. The molecule has 4 saturated carbocycles. The second-order valence-corrected chi connectivity index (χ2v) is 14.8. The third-order valence-electron chi connectivity index (χ3n) is 11.6. The molecule has 3 N–H and O–H groups in total. The first kappa shape index (κ1) is 28.3. The van der Waals surface area contributed by atoms with Crippen LogP contribution in [-0.2, 0) is 11.3 Å². The van der Waals surface area contributed by atoms with Crippen molar-refractivity contribution in [3.8, 4) is 17.3 Å². The number of aromatic nitrogens is 4. The van der Waals surface area contributed by atoms with Crippen LogP contribution in [0.2, 0.25) is 0 Å². The van der Waals surface area contributed by atoms with E-state index in [0.29, 0.717) is 42.3 Å². The van der Waals surface area contributed by atoms with Gasteiger partial charge >= 0.3 is 0 Å². The highest BCUT2D eigenvalue weighted by Crippen LogP contribution is 2.69. The summed E-state index contributed by atoms with van der Waals surface area (Å²) in [5.74, 6) is 1.06. The first-order chi connectivity index (χ1) is 22.1. The predicted octanol–water partition coefficient (Wildman–Crippen LogP) is 4.85. The Morgan fingerprint density at radius 1 is 1.13 bits per heavy atom. The molecular formula is C35H40FN7O3. The van der Waals surface area contributed by atoms with Crippen LogP contribution >= 0.6 is 0 Å². The summed E-state index contributed by atoms with van der Waals surface area (Å²) in [5.41, 5.74) is 10.3. The van der Waals surface area contributed by atoms with Crippen LogP contribution in [0.5, 0.6) is 5.88 Å². The van der Waals surface area contributed by atoms with Crippen LogP contribution in [0.3, 0.4) is 0 Å². The van der Waals surface area contributed by atoms with Gasteiger partial charge in [-0.25, -0.2) is 14.4 Å². The van der Waals surface area contributed by atoms with Crippen molar-refractivity contribution in [2.24, 2.45) is 17.1 Å². The van der Waals surface area contributed by atoms with Gasteiger partial charge in [-0.2, -0.15) is 0 Å². The van der Waals surface area contributed by atoms with Crippen LogP contribution in [-0.4, -0.2) is 66.6 Å². The molecule has 4 aliphatic carbocycles. The maximum Gasteiger partial charge on any atom is 0.254 e. The van der Waals surface area contributed by atoms with Crippen molar-refractivity contribution in [1.29, 1.82) is 0 Å². The van der Waals surface area contributed by atoms with Gasteiger partial charge in [0.2, 0.25) is 5.91 Å². The van der Waals surface area contributed by atoms with Gasteiger partial charge in [-0.1, -0.05) is 0 Å². The van der Waals surface area contributed by atoms with E-state index < -0.39 is 11.1 Å². The molecular weight excluding hydrogens is 585 g/mol. The van der Waals surface area contributed by atoms with Gasteiger partial charge in [0.1, 0.15) is 22.7 Å². The lowest BCUT2D eigenvalue weighted by atomic mass is 9.42. The third-order valence-corrected chi connectivity index (χ3v) is 11.6. The highest BCUT2D eigenvalue weighted by molar-refractivity contribution is 5.97.